The molecule has 136 valence electrons. The summed E-state index contributed by atoms with van der Waals surface area (Å²) >= 11 is 0. The number of benzene rings is 3. The minimum absolute atomic E-state index is 0.258. The Balaban J connectivity index is 2.31. The Morgan fingerprint density at radius 2 is 1.11 bits per heavy atom. The van der Waals surface area contributed by atoms with Gasteiger partial charge in [-0.2, -0.15) is 0 Å². The van der Waals surface area contributed by atoms with Gasteiger partial charge in [0.25, 0.3) is 0 Å². The molecule has 3 aromatic carbocycles. The first kappa shape index (κ1) is 19.4. The van der Waals surface area contributed by atoms with E-state index in [1.807, 2.05) is 0 Å². The van der Waals surface area contributed by atoms with Gasteiger partial charge in [0, 0.05) is 0 Å². The van der Waals surface area contributed by atoms with E-state index in [-0.39, 0.29) is 6.71 Å². The summed E-state index contributed by atoms with van der Waals surface area (Å²) in [5.74, 6) is 0. The summed E-state index contributed by atoms with van der Waals surface area (Å²) in [5.41, 5.74) is 5.57. The van der Waals surface area contributed by atoms with E-state index in [0.29, 0.717) is 0 Å². The molecule has 0 fully saturated rings. The molecule has 0 unspecified atom stereocenters. The van der Waals surface area contributed by atoms with Crippen molar-refractivity contribution in [3.8, 4) is 0 Å². The van der Waals surface area contributed by atoms with Gasteiger partial charge in [-0.25, -0.2) is 0 Å². The average molecular weight is 368 g/mol. The van der Waals surface area contributed by atoms with Gasteiger partial charge in [-0.05, 0) is 12.5 Å². The van der Waals surface area contributed by atoms with Crippen LogP contribution in [0.3, 0.4) is 0 Å². The Labute approximate surface area is 166 Å². The monoisotopic (exact) mass is 368 g/mol. The molecule has 0 aliphatic carbocycles. The predicted octanol–water partition coefficient (Wildman–Crippen LogP) is 5.58. The minimum Gasteiger partial charge on any atom is -0.0878 e. The summed E-state index contributed by atoms with van der Waals surface area (Å²) in [5, 5.41) is 1.61. The highest BCUT2D eigenvalue weighted by Gasteiger charge is 2.31. The highest BCUT2D eigenvalue weighted by atomic mass is 28.3. The van der Waals surface area contributed by atoms with Crippen LogP contribution in [-0.4, -0.2) is 14.8 Å². The van der Waals surface area contributed by atoms with Gasteiger partial charge in [0.1, 0.15) is 0 Å². The van der Waals surface area contributed by atoms with Crippen molar-refractivity contribution in [2.24, 2.45) is 0 Å². The molecule has 0 N–H and O–H groups in total. The Hall–Kier alpha value is -2.32. The fraction of sp³-hybridized carbons (Fsp3) is 0.200. The van der Waals surface area contributed by atoms with Crippen molar-refractivity contribution in [3.05, 3.63) is 102 Å². The van der Waals surface area contributed by atoms with Gasteiger partial charge in [-0.1, -0.05) is 139 Å². The SMILES string of the molecule is CC[Si](C)(C)/C(C)=C(\B(c1ccccc1)c1ccccc1)c1ccccc1. The fourth-order valence-corrected chi connectivity index (χ4v) is 5.21. The molecule has 2 heteroatoms. The van der Waals surface area contributed by atoms with E-state index < -0.39 is 8.07 Å². The van der Waals surface area contributed by atoms with Crippen LogP contribution in [0, 0.1) is 0 Å². The Kier molecular flexibility index (Phi) is 6.18. The van der Waals surface area contributed by atoms with Crippen LogP contribution in [0.1, 0.15) is 19.4 Å². The van der Waals surface area contributed by atoms with Crippen LogP contribution in [0.15, 0.2) is 96.2 Å². The van der Waals surface area contributed by atoms with Gasteiger partial charge in [0.05, 0.1) is 8.07 Å². The molecular formula is C25H29BSi. The maximum absolute atomic E-state index is 2.50. The van der Waals surface area contributed by atoms with Gasteiger partial charge in [-0.15, -0.1) is 0 Å². The van der Waals surface area contributed by atoms with Gasteiger partial charge in [0.15, 0.2) is 0 Å². The fourth-order valence-electron chi connectivity index (χ4n) is 3.66. The number of hydrogen-bond acceptors (Lipinski definition) is 0. The molecule has 0 radical (unpaired) electrons. The molecule has 0 saturated heterocycles. The van der Waals surface area contributed by atoms with E-state index in [4.69, 9.17) is 0 Å². The third-order valence-electron chi connectivity index (χ3n) is 5.94. The van der Waals surface area contributed by atoms with Crippen LogP contribution in [0.25, 0.3) is 5.47 Å². The molecular weight excluding hydrogens is 339 g/mol. The topological polar surface area (TPSA) is 0 Å². The highest BCUT2D eigenvalue weighted by molar-refractivity contribution is 7.02. The Bertz CT molecular complexity index is 844. The largest absolute Gasteiger partial charge is 0.241 e. The van der Waals surface area contributed by atoms with Crippen LogP contribution in [0.4, 0.5) is 0 Å². The number of rotatable bonds is 6. The molecule has 0 nitrogen and oxygen atoms in total. The van der Waals surface area contributed by atoms with Crippen molar-refractivity contribution in [3.63, 3.8) is 0 Å². The lowest BCUT2D eigenvalue weighted by Crippen LogP contribution is -2.45. The van der Waals surface area contributed by atoms with E-state index >= 15 is 0 Å². The molecule has 0 saturated carbocycles. The Morgan fingerprint density at radius 1 is 0.704 bits per heavy atom. The first-order chi connectivity index (χ1) is 13.0. The van der Waals surface area contributed by atoms with E-state index in [0.717, 1.165) is 0 Å². The zero-order valence-corrected chi connectivity index (χ0v) is 17.9. The molecule has 0 aliphatic heterocycles. The van der Waals surface area contributed by atoms with Crippen LogP contribution in [0.2, 0.25) is 19.1 Å². The summed E-state index contributed by atoms with van der Waals surface area (Å²) in [7, 11) is -1.48. The first-order valence-electron chi connectivity index (χ1n) is 9.91. The smallest absolute Gasteiger partial charge is 0.0878 e. The van der Waals surface area contributed by atoms with Gasteiger partial charge < -0.3 is 0 Å². The van der Waals surface area contributed by atoms with Crippen molar-refractivity contribution < 1.29 is 0 Å². The summed E-state index contributed by atoms with van der Waals surface area (Å²) in [6.45, 7) is 9.99. The summed E-state index contributed by atoms with van der Waals surface area (Å²) in [4.78, 5) is 0. The lowest BCUT2D eigenvalue weighted by Gasteiger charge is -2.29. The highest BCUT2D eigenvalue weighted by Crippen LogP contribution is 2.30. The standard InChI is InChI=1S/C25H29BSi/c1-5-27(3,4)21(2)25(22-15-9-6-10-16-22)26(23-17-11-7-12-18-23)24-19-13-8-14-20-24/h6-20H,5H2,1-4H3/b25-21-. The average Bonchev–Trinajstić information content (AvgIpc) is 2.73. The molecule has 3 aromatic rings. The first-order valence-corrected chi connectivity index (χ1v) is 13.1. The molecule has 3 rings (SSSR count). The van der Waals surface area contributed by atoms with Gasteiger partial charge >= 0.3 is 0 Å². The summed E-state index contributed by atoms with van der Waals surface area (Å²) in [6, 6.07) is 34.2. The van der Waals surface area contributed by atoms with Crippen LogP contribution < -0.4 is 10.9 Å². The van der Waals surface area contributed by atoms with Crippen molar-refractivity contribution >= 4 is 31.2 Å². The second kappa shape index (κ2) is 8.58. The maximum Gasteiger partial charge on any atom is 0.241 e. The minimum atomic E-state index is -1.48. The van der Waals surface area contributed by atoms with E-state index in [2.05, 4.69) is 118 Å². The zero-order valence-electron chi connectivity index (χ0n) is 16.9. The van der Waals surface area contributed by atoms with Gasteiger partial charge in [-0.3, -0.25) is 0 Å². The molecule has 0 spiro atoms. The summed E-state index contributed by atoms with van der Waals surface area (Å²) < 4.78 is 0. The van der Waals surface area contributed by atoms with Gasteiger partial charge in [0.2, 0.25) is 6.71 Å². The molecule has 0 amide bonds. The Morgan fingerprint density at radius 3 is 1.52 bits per heavy atom. The lowest BCUT2D eigenvalue weighted by molar-refractivity contribution is 1.34. The lowest BCUT2D eigenvalue weighted by atomic mass is 9.35. The predicted molar refractivity (Wildman–Crippen MR) is 125 cm³/mol. The molecule has 0 heterocycles. The van der Waals surface area contributed by atoms with Crippen molar-refractivity contribution in [1.29, 1.82) is 0 Å². The molecule has 0 aliphatic rings. The van der Waals surface area contributed by atoms with Crippen LogP contribution in [0.5, 0.6) is 0 Å². The molecule has 0 bridgehead atoms. The quantitative estimate of drug-likeness (QED) is 0.499. The van der Waals surface area contributed by atoms with Crippen LogP contribution >= 0.6 is 0 Å². The number of hydrogen-bond donors (Lipinski definition) is 0. The van der Waals surface area contributed by atoms with Crippen molar-refractivity contribution in [2.75, 3.05) is 0 Å². The van der Waals surface area contributed by atoms with E-state index in [9.17, 15) is 0 Å². The third-order valence-corrected chi connectivity index (χ3v) is 10.0. The zero-order chi connectivity index (χ0) is 19.3. The maximum atomic E-state index is 2.50. The molecule has 0 atom stereocenters. The van der Waals surface area contributed by atoms with E-state index in [1.165, 1.54) is 28.0 Å². The normalized spacial score (nSPS) is 12.4. The van der Waals surface area contributed by atoms with E-state index in [1.54, 1.807) is 5.20 Å². The molecule has 27 heavy (non-hydrogen) atoms. The number of allylic oxidation sites excluding steroid dienone is 1. The third kappa shape index (κ3) is 4.33. The molecule has 0 aromatic heterocycles. The second-order valence-electron chi connectivity index (χ2n) is 7.90. The summed E-state index contributed by atoms with van der Waals surface area (Å²) in [6.07, 6.45) is 0. The van der Waals surface area contributed by atoms with Crippen LogP contribution in [-0.2, 0) is 0 Å². The van der Waals surface area contributed by atoms with Crippen molar-refractivity contribution in [1.82, 2.24) is 0 Å². The van der Waals surface area contributed by atoms with Crippen molar-refractivity contribution in [2.45, 2.75) is 33.0 Å². The second-order valence-corrected chi connectivity index (χ2v) is 13.1.